The lowest BCUT2D eigenvalue weighted by Crippen LogP contribution is -2.04. The van der Waals surface area contributed by atoms with Gasteiger partial charge >= 0.3 is 0 Å². The Balaban J connectivity index is 2.07. The van der Waals surface area contributed by atoms with Gasteiger partial charge in [-0.15, -0.1) is 11.8 Å². The number of ether oxygens (including phenoxy) is 1. The summed E-state index contributed by atoms with van der Waals surface area (Å²) in [6, 6.07) is 5.66. The second-order valence-corrected chi connectivity index (χ2v) is 5.11. The normalized spacial score (nSPS) is 10.6. The van der Waals surface area contributed by atoms with Crippen molar-refractivity contribution < 1.29 is 4.74 Å². The van der Waals surface area contributed by atoms with E-state index in [0.717, 1.165) is 40.9 Å². The molecule has 0 fully saturated rings. The number of anilines is 1. The standard InChI is InChI=1S/C13H18N4OS/c1-3-6-17-13(15-9-16-17)8-19-12-7-10(18-2)4-5-11(12)14/h4-5,7,9H,3,6,8,14H2,1-2H3. The molecule has 0 amide bonds. The van der Waals surface area contributed by atoms with Crippen molar-refractivity contribution in [2.24, 2.45) is 0 Å². The van der Waals surface area contributed by atoms with E-state index in [1.54, 1.807) is 25.2 Å². The van der Waals surface area contributed by atoms with Gasteiger partial charge in [0.15, 0.2) is 0 Å². The summed E-state index contributed by atoms with van der Waals surface area (Å²) in [7, 11) is 1.65. The predicted octanol–water partition coefficient (Wildman–Crippen LogP) is 2.57. The van der Waals surface area contributed by atoms with E-state index < -0.39 is 0 Å². The molecule has 1 aromatic heterocycles. The van der Waals surface area contributed by atoms with Crippen molar-refractivity contribution in [3.8, 4) is 5.75 Å². The van der Waals surface area contributed by atoms with Crippen molar-refractivity contribution >= 4 is 17.4 Å². The molecule has 0 saturated heterocycles. The summed E-state index contributed by atoms with van der Waals surface area (Å²) >= 11 is 1.65. The molecule has 0 radical (unpaired) electrons. The first kappa shape index (κ1) is 13.7. The zero-order chi connectivity index (χ0) is 13.7. The third-order valence-electron chi connectivity index (χ3n) is 2.71. The highest BCUT2D eigenvalue weighted by Gasteiger charge is 2.07. The molecule has 102 valence electrons. The average molecular weight is 278 g/mol. The Morgan fingerprint density at radius 2 is 2.26 bits per heavy atom. The maximum atomic E-state index is 5.96. The summed E-state index contributed by atoms with van der Waals surface area (Å²) in [4.78, 5) is 5.29. The molecule has 0 atom stereocenters. The molecule has 1 heterocycles. The van der Waals surface area contributed by atoms with Crippen LogP contribution in [0.3, 0.4) is 0 Å². The third-order valence-corrected chi connectivity index (χ3v) is 3.78. The van der Waals surface area contributed by atoms with E-state index in [1.165, 1.54) is 0 Å². The van der Waals surface area contributed by atoms with Crippen LogP contribution >= 0.6 is 11.8 Å². The van der Waals surface area contributed by atoms with Gasteiger partial charge in [0.25, 0.3) is 0 Å². The molecule has 0 spiro atoms. The van der Waals surface area contributed by atoms with Crippen LogP contribution in [0.1, 0.15) is 19.2 Å². The number of benzene rings is 1. The van der Waals surface area contributed by atoms with E-state index in [-0.39, 0.29) is 0 Å². The topological polar surface area (TPSA) is 66.0 Å². The average Bonchev–Trinajstić information content (AvgIpc) is 2.86. The van der Waals surface area contributed by atoms with Crippen LogP contribution in [0.15, 0.2) is 29.4 Å². The van der Waals surface area contributed by atoms with Crippen LogP contribution < -0.4 is 10.5 Å². The second kappa shape index (κ2) is 6.47. The Labute approximate surface area is 117 Å². The lowest BCUT2D eigenvalue weighted by atomic mass is 10.3. The molecule has 19 heavy (non-hydrogen) atoms. The highest BCUT2D eigenvalue weighted by Crippen LogP contribution is 2.30. The third kappa shape index (κ3) is 3.41. The van der Waals surface area contributed by atoms with E-state index >= 15 is 0 Å². The summed E-state index contributed by atoms with van der Waals surface area (Å²) in [5.41, 5.74) is 6.72. The van der Waals surface area contributed by atoms with Gasteiger partial charge in [0.05, 0.1) is 12.9 Å². The maximum Gasteiger partial charge on any atom is 0.138 e. The van der Waals surface area contributed by atoms with Crippen LogP contribution in [-0.4, -0.2) is 21.9 Å². The van der Waals surface area contributed by atoms with Crippen molar-refractivity contribution in [2.45, 2.75) is 30.5 Å². The minimum atomic E-state index is 0.747. The van der Waals surface area contributed by atoms with Gasteiger partial charge < -0.3 is 10.5 Å². The van der Waals surface area contributed by atoms with Crippen molar-refractivity contribution in [1.82, 2.24) is 14.8 Å². The number of nitrogens with two attached hydrogens (primary N) is 1. The highest BCUT2D eigenvalue weighted by atomic mass is 32.2. The van der Waals surface area contributed by atoms with Gasteiger partial charge in [-0.05, 0) is 24.6 Å². The molecule has 0 saturated carbocycles. The monoisotopic (exact) mass is 278 g/mol. The van der Waals surface area contributed by atoms with Crippen LogP contribution in [0.4, 0.5) is 5.69 Å². The van der Waals surface area contributed by atoms with Crippen LogP contribution in [0.25, 0.3) is 0 Å². The minimum Gasteiger partial charge on any atom is -0.497 e. The van der Waals surface area contributed by atoms with Crippen LogP contribution in [-0.2, 0) is 12.3 Å². The van der Waals surface area contributed by atoms with Gasteiger partial charge in [-0.1, -0.05) is 6.92 Å². The number of rotatable bonds is 6. The molecule has 0 bridgehead atoms. The zero-order valence-corrected chi connectivity index (χ0v) is 12.0. The fourth-order valence-corrected chi connectivity index (χ4v) is 2.65. The summed E-state index contributed by atoms with van der Waals surface area (Å²) < 4.78 is 7.14. The minimum absolute atomic E-state index is 0.747. The molecule has 0 unspecified atom stereocenters. The van der Waals surface area contributed by atoms with Crippen LogP contribution in [0.2, 0.25) is 0 Å². The van der Waals surface area contributed by atoms with Gasteiger partial charge in [0.2, 0.25) is 0 Å². The Kier molecular flexibility index (Phi) is 4.68. The first-order valence-corrected chi connectivity index (χ1v) is 7.16. The van der Waals surface area contributed by atoms with Gasteiger partial charge in [-0.3, -0.25) is 0 Å². The Morgan fingerprint density at radius 1 is 1.42 bits per heavy atom. The molecule has 2 rings (SSSR count). The van der Waals surface area contributed by atoms with E-state index in [4.69, 9.17) is 10.5 Å². The molecule has 0 aliphatic carbocycles. The Hall–Kier alpha value is -1.69. The molecule has 0 aliphatic heterocycles. The van der Waals surface area contributed by atoms with Crippen LogP contribution in [0.5, 0.6) is 5.75 Å². The second-order valence-electron chi connectivity index (χ2n) is 4.09. The fraction of sp³-hybridized carbons (Fsp3) is 0.385. The summed E-state index contributed by atoms with van der Waals surface area (Å²) in [6.07, 6.45) is 2.64. The SMILES string of the molecule is CCCn1ncnc1CSc1cc(OC)ccc1N. The molecule has 2 aromatic rings. The van der Waals surface area contributed by atoms with Gasteiger partial charge in [0, 0.05) is 17.1 Å². The summed E-state index contributed by atoms with van der Waals surface area (Å²) in [5.74, 6) is 2.53. The van der Waals surface area contributed by atoms with Crippen LogP contribution in [0, 0.1) is 0 Å². The largest absolute Gasteiger partial charge is 0.497 e. The molecule has 6 heteroatoms. The smallest absolute Gasteiger partial charge is 0.138 e. The molecule has 0 aliphatic rings. The lowest BCUT2D eigenvalue weighted by Gasteiger charge is -2.08. The van der Waals surface area contributed by atoms with Gasteiger partial charge in [-0.25, -0.2) is 9.67 Å². The number of methoxy groups -OCH3 is 1. The zero-order valence-electron chi connectivity index (χ0n) is 11.2. The predicted molar refractivity (Wildman–Crippen MR) is 77.3 cm³/mol. The number of thioether (sulfide) groups is 1. The van der Waals surface area contributed by atoms with Crippen molar-refractivity contribution in [1.29, 1.82) is 0 Å². The van der Waals surface area contributed by atoms with E-state index in [0.29, 0.717) is 0 Å². The first-order chi connectivity index (χ1) is 9.24. The summed E-state index contributed by atoms with van der Waals surface area (Å²) in [6.45, 7) is 3.02. The number of nitrogens with zero attached hydrogens (tertiary/aromatic N) is 3. The Bertz CT molecular complexity index is 541. The summed E-state index contributed by atoms with van der Waals surface area (Å²) in [5, 5.41) is 4.21. The number of aryl methyl sites for hydroxylation is 1. The highest BCUT2D eigenvalue weighted by molar-refractivity contribution is 7.98. The van der Waals surface area contributed by atoms with E-state index in [1.807, 2.05) is 22.9 Å². The number of hydrogen-bond donors (Lipinski definition) is 1. The fourth-order valence-electron chi connectivity index (χ4n) is 1.71. The van der Waals surface area contributed by atoms with Crippen molar-refractivity contribution in [2.75, 3.05) is 12.8 Å². The van der Waals surface area contributed by atoms with Gasteiger partial charge in [-0.2, -0.15) is 5.10 Å². The number of hydrogen-bond acceptors (Lipinski definition) is 5. The first-order valence-electron chi connectivity index (χ1n) is 6.17. The van der Waals surface area contributed by atoms with Crippen molar-refractivity contribution in [3.05, 3.63) is 30.4 Å². The molecular weight excluding hydrogens is 260 g/mol. The van der Waals surface area contributed by atoms with E-state index in [2.05, 4.69) is 17.0 Å². The van der Waals surface area contributed by atoms with Crippen molar-refractivity contribution in [3.63, 3.8) is 0 Å². The maximum absolute atomic E-state index is 5.96. The number of aromatic nitrogens is 3. The Morgan fingerprint density at radius 3 is 3.00 bits per heavy atom. The van der Waals surface area contributed by atoms with E-state index in [9.17, 15) is 0 Å². The lowest BCUT2D eigenvalue weighted by molar-refractivity contribution is 0.414. The molecule has 2 N–H and O–H groups in total. The molecule has 1 aromatic carbocycles. The number of nitrogen functional groups attached to an aromatic ring is 1. The van der Waals surface area contributed by atoms with Gasteiger partial charge in [0.1, 0.15) is 17.9 Å². The quantitative estimate of drug-likeness (QED) is 0.650. The molecular formula is C13H18N4OS. The molecule has 5 nitrogen and oxygen atoms in total.